The summed E-state index contributed by atoms with van der Waals surface area (Å²) in [6.45, 7) is 1.75. The fourth-order valence-corrected chi connectivity index (χ4v) is 3.94. The van der Waals surface area contributed by atoms with Crippen molar-refractivity contribution in [3.05, 3.63) is 70.2 Å². The van der Waals surface area contributed by atoms with Crippen molar-refractivity contribution >= 4 is 23.4 Å². The molecule has 30 heavy (non-hydrogen) atoms. The molecule has 0 heterocycles. The van der Waals surface area contributed by atoms with Gasteiger partial charge in [-0.05, 0) is 49.6 Å². The van der Waals surface area contributed by atoms with Gasteiger partial charge in [-0.1, -0.05) is 42.6 Å². The van der Waals surface area contributed by atoms with Crippen molar-refractivity contribution in [3.63, 3.8) is 0 Å². The second kappa shape index (κ2) is 10.0. The summed E-state index contributed by atoms with van der Waals surface area (Å²) in [5.74, 6) is -1.64. The van der Waals surface area contributed by atoms with Gasteiger partial charge in [-0.25, -0.2) is 8.78 Å². The molecule has 160 valence electrons. The molecule has 3 rings (SSSR count). The number of halogens is 3. The minimum atomic E-state index is -0.770. The molecule has 0 radical (unpaired) electrons. The standard InChI is InChI=1S/C23H25ClF2N2O2/c1-15(23(30)27-18-5-2-3-6-18)28(14-16-9-11-17(25)12-10-16)22(29)13-19-20(24)7-4-8-21(19)26/h4,7-12,15,18H,2-3,5-6,13-14H2,1H3,(H,27,30)/t15-/m0/s1. The zero-order valence-corrected chi connectivity index (χ0v) is 17.6. The average Bonchev–Trinajstić information content (AvgIpc) is 3.22. The van der Waals surface area contributed by atoms with Crippen molar-refractivity contribution in [2.45, 2.75) is 57.7 Å². The molecule has 1 atom stereocenters. The number of benzene rings is 2. The second-order valence-electron chi connectivity index (χ2n) is 7.69. The van der Waals surface area contributed by atoms with Gasteiger partial charge in [-0.3, -0.25) is 9.59 Å². The molecule has 0 aromatic heterocycles. The molecule has 2 aromatic carbocycles. The Labute approximate surface area is 180 Å². The summed E-state index contributed by atoms with van der Waals surface area (Å²) >= 11 is 6.08. The second-order valence-corrected chi connectivity index (χ2v) is 8.10. The molecule has 0 saturated heterocycles. The van der Waals surface area contributed by atoms with Crippen molar-refractivity contribution in [2.24, 2.45) is 0 Å². The summed E-state index contributed by atoms with van der Waals surface area (Å²) in [6, 6.07) is 9.31. The number of hydrogen-bond acceptors (Lipinski definition) is 2. The van der Waals surface area contributed by atoms with E-state index in [1.807, 2.05) is 0 Å². The largest absolute Gasteiger partial charge is 0.352 e. The smallest absolute Gasteiger partial charge is 0.242 e. The number of nitrogens with zero attached hydrogens (tertiary/aromatic N) is 1. The molecule has 1 fully saturated rings. The van der Waals surface area contributed by atoms with Crippen LogP contribution in [0.5, 0.6) is 0 Å². The third-order valence-corrected chi connectivity index (χ3v) is 5.88. The van der Waals surface area contributed by atoms with E-state index in [2.05, 4.69) is 5.32 Å². The highest BCUT2D eigenvalue weighted by atomic mass is 35.5. The molecule has 1 saturated carbocycles. The highest BCUT2D eigenvalue weighted by Crippen LogP contribution is 2.22. The number of carbonyl (C=O) groups is 2. The predicted molar refractivity (Wildman–Crippen MR) is 112 cm³/mol. The molecular formula is C23H25ClF2N2O2. The van der Waals surface area contributed by atoms with E-state index in [9.17, 15) is 18.4 Å². The number of nitrogens with one attached hydrogen (secondary N) is 1. The third kappa shape index (κ3) is 5.57. The highest BCUT2D eigenvalue weighted by Gasteiger charge is 2.29. The van der Waals surface area contributed by atoms with Crippen LogP contribution in [0.15, 0.2) is 42.5 Å². The van der Waals surface area contributed by atoms with Crippen LogP contribution < -0.4 is 5.32 Å². The number of carbonyl (C=O) groups excluding carboxylic acids is 2. The van der Waals surface area contributed by atoms with E-state index in [4.69, 9.17) is 11.6 Å². The van der Waals surface area contributed by atoms with E-state index in [1.165, 1.54) is 35.2 Å². The first-order valence-electron chi connectivity index (χ1n) is 10.1. The Bertz CT molecular complexity index is 878. The Morgan fingerprint density at radius 3 is 2.43 bits per heavy atom. The number of hydrogen-bond donors (Lipinski definition) is 1. The third-order valence-electron chi connectivity index (χ3n) is 5.52. The maximum absolute atomic E-state index is 14.2. The van der Waals surface area contributed by atoms with Gasteiger partial charge in [0.1, 0.15) is 17.7 Å². The summed E-state index contributed by atoms with van der Waals surface area (Å²) < 4.78 is 27.5. The lowest BCUT2D eigenvalue weighted by Crippen LogP contribution is -2.50. The van der Waals surface area contributed by atoms with E-state index in [1.54, 1.807) is 19.1 Å². The van der Waals surface area contributed by atoms with Crippen molar-refractivity contribution in [1.29, 1.82) is 0 Å². The lowest BCUT2D eigenvalue weighted by atomic mass is 10.1. The first-order chi connectivity index (χ1) is 14.3. The Balaban J connectivity index is 1.80. The van der Waals surface area contributed by atoms with E-state index in [0.717, 1.165) is 25.7 Å². The predicted octanol–water partition coefficient (Wildman–Crippen LogP) is 4.64. The zero-order valence-electron chi connectivity index (χ0n) is 16.8. The fraction of sp³-hybridized carbons (Fsp3) is 0.391. The molecule has 1 N–H and O–H groups in total. The molecular weight excluding hydrogens is 410 g/mol. The van der Waals surface area contributed by atoms with Crippen LogP contribution in [0.3, 0.4) is 0 Å². The van der Waals surface area contributed by atoms with Crippen molar-refractivity contribution < 1.29 is 18.4 Å². The van der Waals surface area contributed by atoms with E-state index >= 15 is 0 Å². The minimum Gasteiger partial charge on any atom is -0.352 e. The SMILES string of the molecule is C[C@@H](C(=O)NC1CCCC1)N(Cc1ccc(F)cc1)C(=O)Cc1c(F)cccc1Cl. The molecule has 0 spiro atoms. The van der Waals surface area contributed by atoms with Crippen LogP contribution in [-0.2, 0) is 22.6 Å². The van der Waals surface area contributed by atoms with Gasteiger partial charge in [0, 0.05) is 23.2 Å². The quantitative estimate of drug-likeness (QED) is 0.690. The van der Waals surface area contributed by atoms with E-state index < -0.39 is 17.8 Å². The Hall–Kier alpha value is -2.47. The van der Waals surface area contributed by atoms with Crippen LogP contribution in [-0.4, -0.2) is 28.8 Å². The van der Waals surface area contributed by atoms with Crippen LogP contribution in [0.25, 0.3) is 0 Å². The fourth-order valence-electron chi connectivity index (χ4n) is 3.72. The van der Waals surface area contributed by atoms with Gasteiger partial charge in [0.05, 0.1) is 6.42 Å². The monoisotopic (exact) mass is 434 g/mol. The topological polar surface area (TPSA) is 49.4 Å². The highest BCUT2D eigenvalue weighted by molar-refractivity contribution is 6.31. The van der Waals surface area contributed by atoms with Crippen LogP contribution in [0.1, 0.15) is 43.7 Å². The van der Waals surface area contributed by atoms with Gasteiger partial charge in [-0.2, -0.15) is 0 Å². The van der Waals surface area contributed by atoms with Gasteiger partial charge in [0.15, 0.2) is 0 Å². The summed E-state index contributed by atoms with van der Waals surface area (Å²) in [4.78, 5) is 27.3. The maximum atomic E-state index is 14.2. The molecule has 1 aliphatic carbocycles. The van der Waals surface area contributed by atoms with E-state index in [-0.39, 0.29) is 41.3 Å². The molecule has 0 bridgehead atoms. The normalized spacial score (nSPS) is 15.1. The Kier molecular flexibility index (Phi) is 7.43. The van der Waals surface area contributed by atoms with Crippen LogP contribution >= 0.6 is 11.6 Å². The Morgan fingerprint density at radius 1 is 1.13 bits per heavy atom. The summed E-state index contributed by atoms with van der Waals surface area (Å²) in [6.07, 6.45) is 3.73. The number of amides is 2. The maximum Gasteiger partial charge on any atom is 0.242 e. The summed E-state index contributed by atoms with van der Waals surface area (Å²) in [5.41, 5.74) is 0.765. The zero-order chi connectivity index (χ0) is 21.7. The number of rotatable bonds is 7. The van der Waals surface area contributed by atoms with Gasteiger partial charge in [0.2, 0.25) is 11.8 Å². The first-order valence-corrected chi connectivity index (χ1v) is 10.5. The molecule has 2 amide bonds. The minimum absolute atomic E-state index is 0.0941. The van der Waals surface area contributed by atoms with Crippen molar-refractivity contribution in [2.75, 3.05) is 0 Å². The van der Waals surface area contributed by atoms with Gasteiger partial charge in [-0.15, -0.1) is 0 Å². The van der Waals surface area contributed by atoms with Gasteiger partial charge < -0.3 is 10.2 Å². The molecule has 0 aliphatic heterocycles. The molecule has 2 aromatic rings. The summed E-state index contributed by atoms with van der Waals surface area (Å²) in [5, 5.41) is 3.16. The van der Waals surface area contributed by atoms with Crippen LogP contribution in [0.2, 0.25) is 5.02 Å². The van der Waals surface area contributed by atoms with Gasteiger partial charge in [0.25, 0.3) is 0 Å². The van der Waals surface area contributed by atoms with Crippen LogP contribution in [0.4, 0.5) is 8.78 Å². The molecule has 4 nitrogen and oxygen atoms in total. The molecule has 7 heteroatoms. The van der Waals surface area contributed by atoms with E-state index in [0.29, 0.717) is 5.56 Å². The first kappa shape index (κ1) is 22.2. The lowest BCUT2D eigenvalue weighted by Gasteiger charge is -2.30. The van der Waals surface area contributed by atoms with Crippen LogP contribution in [0, 0.1) is 11.6 Å². The average molecular weight is 435 g/mol. The van der Waals surface area contributed by atoms with Crippen molar-refractivity contribution in [1.82, 2.24) is 10.2 Å². The van der Waals surface area contributed by atoms with Crippen molar-refractivity contribution in [3.8, 4) is 0 Å². The lowest BCUT2D eigenvalue weighted by molar-refractivity contribution is -0.140. The van der Waals surface area contributed by atoms with Gasteiger partial charge >= 0.3 is 0 Å². The summed E-state index contributed by atoms with van der Waals surface area (Å²) in [7, 11) is 0. The molecule has 0 unspecified atom stereocenters. The molecule has 1 aliphatic rings. The Morgan fingerprint density at radius 2 is 1.80 bits per heavy atom.